The van der Waals surface area contributed by atoms with Crippen LogP contribution in [0.1, 0.15) is 22.3 Å². The van der Waals surface area contributed by atoms with Crippen LogP contribution in [0, 0.1) is 0 Å². The predicted molar refractivity (Wildman–Crippen MR) is 173 cm³/mol. The van der Waals surface area contributed by atoms with Crippen LogP contribution in [0.4, 0.5) is 16.2 Å². The van der Waals surface area contributed by atoms with Gasteiger partial charge >= 0.3 is 6.03 Å². The molecule has 4 aromatic carbocycles. The summed E-state index contributed by atoms with van der Waals surface area (Å²) in [5.41, 5.74) is 16.8. The second-order valence-electron chi connectivity index (χ2n) is 10.5. The second kappa shape index (κ2) is 14.9. The van der Waals surface area contributed by atoms with Crippen molar-refractivity contribution in [2.45, 2.75) is 50.2 Å². The first-order valence-corrected chi connectivity index (χ1v) is 13.6. The normalized spacial score (nSPS) is 20.3. The van der Waals surface area contributed by atoms with Crippen LogP contribution in [-0.4, -0.2) is 50.3 Å². The number of aliphatic hydroxyl groups excluding tert-OH is 2. The molecule has 5 rings (SSSR count). The highest BCUT2D eigenvalue weighted by atomic mass is 35.5. The Morgan fingerprint density at radius 1 is 0.524 bits per heavy atom. The van der Waals surface area contributed by atoms with Crippen molar-refractivity contribution in [1.29, 1.82) is 0 Å². The van der Waals surface area contributed by atoms with Crippen molar-refractivity contribution in [1.82, 2.24) is 9.80 Å². The van der Waals surface area contributed by atoms with Gasteiger partial charge in [-0.1, -0.05) is 84.9 Å². The van der Waals surface area contributed by atoms with E-state index in [4.69, 9.17) is 11.5 Å². The van der Waals surface area contributed by atoms with Crippen molar-refractivity contribution in [3.63, 3.8) is 0 Å². The Labute approximate surface area is 259 Å². The smallest absolute Gasteiger partial charge is 0.321 e. The number of nitrogens with two attached hydrogens (primary N) is 2. The summed E-state index contributed by atoms with van der Waals surface area (Å²) in [7, 11) is 0. The molecule has 0 spiro atoms. The lowest BCUT2D eigenvalue weighted by atomic mass is 9.90. The topological polar surface area (TPSA) is 116 Å². The van der Waals surface area contributed by atoms with Gasteiger partial charge in [0.25, 0.3) is 0 Å². The zero-order valence-corrected chi connectivity index (χ0v) is 24.8. The van der Waals surface area contributed by atoms with E-state index in [-0.39, 0.29) is 30.8 Å². The van der Waals surface area contributed by atoms with E-state index >= 15 is 0 Å². The maximum Gasteiger partial charge on any atom is 0.321 e. The number of aliphatic hydroxyl groups is 2. The van der Waals surface area contributed by atoms with Gasteiger partial charge in [-0.15, -0.1) is 24.8 Å². The second-order valence-corrected chi connectivity index (χ2v) is 10.5. The molecule has 2 amide bonds. The van der Waals surface area contributed by atoms with E-state index < -0.39 is 24.3 Å². The van der Waals surface area contributed by atoms with E-state index in [9.17, 15) is 15.0 Å². The first kappa shape index (κ1) is 32.8. The number of rotatable bonds is 8. The summed E-state index contributed by atoms with van der Waals surface area (Å²) < 4.78 is 0. The van der Waals surface area contributed by atoms with Crippen LogP contribution < -0.4 is 11.5 Å². The maximum absolute atomic E-state index is 14.5. The van der Waals surface area contributed by atoms with Crippen LogP contribution in [0.15, 0.2) is 109 Å². The summed E-state index contributed by atoms with van der Waals surface area (Å²) >= 11 is 0. The first-order valence-electron chi connectivity index (χ1n) is 13.6. The molecule has 1 fully saturated rings. The number of nitrogens with zero attached hydrogens (tertiary/aromatic N) is 2. The average Bonchev–Trinajstić information content (AvgIpc) is 3.03. The molecule has 0 aliphatic carbocycles. The SMILES string of the molecule is Cl.Cl.Nc1ccc(C[C@@H]2[C@H](O)[C@@H](O)[C@@H](Cc3ccc(N)cc3)N(Cc3ccccc3)C(=O)N2Cc2ccccc2)cc1. The monoisotopic (exact) mass is 608 g/mol. The van der Waals surface area contributed by atoms with E-state index in [0.717, 1.165) is 22.3 Å². The molecule has 1 heterocycles. The first-order chi connectivity index (χ1) is 19.4. The van der Waals surface area contributed by atoms with Gasteiger partial charge in [-0.05, 0) is 59.4 Å². The lowest BCUT2D eigenvalue weighted by Gasteiger charge is -2.36. The minimum Gasteiger partial charge on any atom is -0.399 e. The van der Waals surface area contributed by atoms with E-state index in [0.29, 0.717) is 37.3 Å². The molecule has 0 aromatic heterocycles. The Morgan fingerprint density at radius 2 is 0.857 bits per heavy atom. The minimum atomic E-state index is -1.19. The van der Waals surface area contributed by atoms with Crippen LogP contribution in [0.2, 0.25) is 0 Å². The van der Waals surface area contributed by atoms with Gasteiger partial charge in [0.2, 0.25) is 0 Å². The number of carbonyl (C=O) groups is 1. The fraction of sp³-hybridized carbons (Fsp3) is 0.242. The number of nitrogen functional groups attached to an aromatic ring is 2. The Morgan fingerprint density at radius 3 is 1.19 bits per heavy atom. The van der Waals surface area contributed by atoms with Gasteiger partial charge in [-0.3, -0.25) is 0 Å². The van der Waals surface area contributed by atoms with E-state index in [1.165, 1.54) is 0 Å². The molecule has 9 heteroatoms. The highest BCUT2D eigenvalue weighted by Crippen LogP contribution is 2.30. The van der Waals surface area contributed by atoms with Crippen LogP contribution in [0.25, 0.3) is 0 Å². The van der Waals surface area contributed by atoms with Crippen molar-refractivity contribution < 1.29 is 15.0 Å². The molecule has 1 aliphatic rings. The molecule has 1 aliphatic heterocycles. The molecule has 7 nitrogen and oxygen atoms in total. The highest BCUT2D eigenvalue weighted by Gasteiger charge is 2.46. The third kappa shape index (κ3) is 7.75. The number of anilines is 2. The molecule has 0 saturated carbocycles. The summed E-state index contributed by atoms with van der Waals surface area (Å²) in [5.74, 6) is 0. The molecule has 4 aromatic rings. The summed E-state index contributed by atoms with van der Waals surface area (Å²) in [4.78, 5) is 18.0. The largest absolute Gasteiger partial charge is 0.399 e. The molecule has 4 atom stereocenters. The number of carbonyl (C=O) groups excluding carboxylic acids is 1. The third-order valence-electron chi connectivity index (χ3n) is 7.67. The molecule has 6 N–H and O–H groups in total. The van der Waals surface area contributed by atoms with E-state index in [2.05, 4.69) is 0 Å². The van der Waals surface area contributed by atoms with Gasteiger partial charge in [-0.2, -0.15) is 0 Å². The van der Waals surface area contributed by atoms with Gasteiger partial charge in [-0.25, -0.2) is 4.79 Å². The van der Waals surface area contributed by atoms with Crippen LogP contribution >= 0.6 is 24.8 Å². The van der Waals surface area contributed by atoms with Gasteiger partial charge in [0.05, 0.1) is 12.1 Å². The maximum atomic E-state index is 14.5. The molecule has 0 unspecified atom stereocenters. The van der Waals surface area contributed by atoms with Crippen molar-refractivity contribution >= 4 is 42.2 Å². The van der Waals surface area contributed by atoms with Gasteiger partial charge in [0.1, 0.15) is 12.2 Å². The van der Waals surface area contributed by atoms with Gasteiger partial charge < -0.3 is 31.5 Å². The minimum absolute atomic E-state index is 0. The summed E-state index contributed by atoms with van der Waals surface area (Å²) in [6.45, 7) is 0.589. The van der Waals surface area contributed by atoms with E-state index in [1.807, 2.05) is 109 Å². The van der Waals surface area contributed by atoms with Crippen molar-refractivity contribution in [2.24, 2.45) is 0 Å². The molecule has 42 heavy (non-hydrogen) atoms. The lowest BCUT2D eigenvalue weighted by Crippen LogP contribution is -2.50. The number of hydrogen-bond acceptors (Lipinski definition) is 5. The molecule has 1 saturated heterocycles. The summed E-state index contributed by atoms with van der Waals surface area (Å²) in [6, 6.07) is 32.7. The number of urea groups is 1. The third-order valence-corrected chi connectivity index (χ3v) is 7.67. The van der Waals surface area contributed by atoms with Gasteiger partial charge in [0, 0.05) is 24.5 Å². The quantitative estimate of drug-likeness (QED) is 0.208. The number of benzene rings is 4. The molecule has 222 valence electrons. The predicted octanol–water partition coefficient (Wildman–Crippen LogP) is 5.08. The van der Waals surface area contributed by atoms with Crippen LogP contribution in [0.5, 0.6) is 0 Å². The van der Waals surface area contributed by atoms with Crippen molar-refractivity contribution in [3.8, 4) is 0 Å². The molecular weight excluding hydrogens is 571 g/mol. The fourth-order valence-electron chi connectivity index (χ4n) is 5.45. The Balaban J connectivity index is 0.00000242. The average molecular weight is 610 g/mol. The summed E-state index contributed by atoms with van der Waals surface area (Å²) in [6.07, 6.45) is -1.65. The lowest BCUT2D eigenvalue weighted by molar-refractivity contribution is -0.0408. The summed E-state index contributed by atoms with van der Waals surface area (Å²) in [5, 5.41) is 23.5. The zero-order chi connectivity index (χ0) is 28.1. The Bertz CT molecular complexity index is 1290. The van der Waals surface area contributed by atoms with Crippen molar-refractivity contribution in [3.05, 3.63) is 131 Å². The number of amides is 2. The molecule has 0 radical (unpaired) electrons. The fourth-order valence-corrected chi connectivity index (χ4v) is 5.45. The molecular formula is C33H38Cl2N4O3. The standard InChI is InChI=1S/C33H36N4O3.2ClH/c34-27-15-11-23(12-16-27)19-29-31(38)32(39)30(20-24-13-17-28(35)18-14-24)37(22-26-9-5-2-6-10-26)33(40)36(29)21-25-7-3-1-4-8-25;;/h1-18,29-32,38-39H,19-22,34-35H2;2*1H/t29-,30-,31+,32+;;/m1../s1. The molecule has 0 bridgehead atoms. The van der Waals surface area contributed by atoms with Crippen molar-refractivity contribution in [2.75, 3.05) is 11.5 Å². The highest BCUT2D eigenvalue weighted by molar-refractivity contribution is 5.85. The van der Waals surface area contributed by atoms with E-state index in [1.54, 1.807) is 9.80 Å². The number of halogens is 2. The Kier molecular flexibility index (Phi) is 11.6. The van der Waals surface area contributed by atoms with Crippen LogP contribution in [-0.2, 0) is 25.9 Å². The Hall–Kier alpha value is -3.75. The van der Waals surface area contributed by atoms with Gasteiger partial charge in [0.15, 0.2) is 0 Å². The number of hydrogen-bond donors (Lipinski definition) is 4. The van der Waals surface area contributed by atoms with Crippen LogP contribution in [0.3, 0.4) is 0 Å². The zero-order valence-electron chi connectivity index (χ0n) is 23.2.